The monoisotopic (exact) mass is 202 g/mol. The smallest absolute Gasteiger partial charge is 0.328 e. The summed E-state index contributed by atoms with van der Waals surface area (Å²) in [6.45, 7) is 3.27. The normalized spacial score (nSPS) is 11.8. The molecular formula is C8H14N2O4. The Balaban J connectivity index is 3.79. The van der Waals surface area contributed by atoms with Crippen LogP contribution >= 0.6 is 0 Å². The van der Waals surface area contributed by atoms with Crippen molar-refractivity contribution in [1.29, 1.82) is 0 Å². The fourth-order valence-electron chi connectivity index (χ4n) is 0.719. The van der Waals surface area contributed by atoms with Crippen molar-refractivity contribution in [3.8, 4) is 0 Å². The Hall–Kier alpha value is -1.40. The average Bonchev–Trinajstić information content (AvgIpc) is 2.14. The van der Waals surface area contributed by atoms with Crippen LogP contribution in [0.2, 0.25) is 0 Å². The van der Waals surface area contributed by atoms with Gasteiger partial charge >= 0.3 is 5.97 Å². The van der Waals surface area contributed by atoms with Gasteiger partial charge in [0.1, 0.15) is 6.04 Å². The van der Waals surface area contributed by atoms with E-state index in [1.54, 1.807) is 6.08 Å². The molecule has 0 aromatic rings. The first-order chi connectivity index (χ1) is 6.61. The van der Waals surface area contributed by atoms with Crippen molar-refractivity contribution in [3.05, 3.63) is 12.7 Å². The van der Waals surface area contributed by atoms with Crippen LogP contribution in [0.4, 0.5) is 0 Å². The fourth-order valence-corrected chi connectivity index (χ4v) is 0.719. The summed E-state index contributed by atoms with van der Waals surface area (Å²) < 4.78 is 0. The highest BCUT2D eigenvalue weighted by molar-refractivity contribution is 5.84. The van der Waals surface area contributed by atoms with E-state index in [-0.39, 0.29) is 6.54 Å². The van der Waals surface area contributed by atoms with Crippen LogP contribution in [0.1, 0.15) is 0 Å². The first kappa shape index (κ1) is 12.6. The third-order valence-electron chi connectivity index (χ3n) is 1.39. The van der Waals surface area contributed by atoms with E-state index in [2.05, 4.69) is 17.2 Å². The number of nitrogens with one attached hydrogen (secondary N) is 2. The summed E-state index contributed by atoms with van der Waals surface area (Å²) in [5, 5.41) is 21.9. The number of aliphatic carboxylic acids is 1. The lowest BCUT2D eigenvalue weighted by molar-refractivity contribution is -0.142. The van der Waals surface area contributed by atoms with Crippen LogP contribution in [0.15, 0.2) is 12.7 Å². The lowest BCUT2D eigenvalue weighted by Gasteiger charge is -2.11. The Morgan fingerprint density at radius 2 is 2.14 bits per heavy atom. The third-order valence-corrected chi connectivity index (χ3v) is 1.39. The van der Waals surface area contributed by atoms with Crippen molar-refractivity contribution in [2.45, 2.75) is 6.04 Å². The standard InChI is InChI=1S/C8H14N2O4/c1-2-3-9-4-7(12)10-6(5-11)8(13)14/h2,6,9,11H,1,3-5H2,(H,10,12)(H,13,14)/t6-/m1/s1. The lowest BCUT2D eigenvalue weighted by Crippen LogP contribution is -2.46. The summed E-state index contributed by atoms with van der Waals surface area (Å²) in [6, 6.07) is -1.24. The minimum atomic E-state index is -1.26. The number of rotatable bonds is 7. The first-order valence-electron chi connectivity index (χ1n) is 4.06. The molecule has 6 heteroatoms. The van der Waals surface area contributed by atoms with Gasteiger partial charge < -0.3 is 20.8 Å². The zero-order valence-corrected chi connectivity index (χ0v) is 7.69. The lowest BCUT2D eigenvalue weighted by atomic mass is 10.3. The van der Waals surface area contributed by atoms with Gasteiger partial charge in [-0.3, -0.25) is 4.79 Å². The van der Waals surface area contributed by atoms with Gasteiger partial charge in [-0.2, -0.15) is 0 Å². The van der Waals surface area contributed by atoms with E-state index in [1.165, 1.54) is 0 Å². The van der Waals surface area contributed by atoms with Gasteiger partial charge in [0.05, 0.1) is 13.2 Å². The SMILES string of the molecule is C=CCNCC(=O)N[C@H](CO)C(=O)O. The van der Waals surface area contributed by atoms with Gasteiger partial charge in [-0.1, -0.05) is 6.08 Å². The van der Waals surface area contributed by atoms with E-state index in [4.69, 9.17) is 10.2 Å². The van der Waals surface area contributed by atoms with Crippen LogP contribution in [-0.2, 0) is 9.59 Å². The summed E-state index contributed by atoms with van der Waals surface area (Å²) in [5.74, 6) is -1.74. The number of carboxylic acids is 1. The molecule has 0 unspecified atom stereocenters. The van der Waals surface area contributed by atoms with Crippen molar-refractivity contribution in [2.75, 3.05) is 19.7 Å². The summed E-state index contributed by atoms with van der Waals surface area (Å²) in [6.07, 6.45) is 1.58. The maximum absolute atomic E-state index is 11.0. The van der Waals surface area contributed by atoms with Crippen molar-refractivity contribution in [2.24, 2.45) is 0 Å². The van der Waals surface area contributed by atoms with E-state index in [0.29, 0.717) is 6.54 Å². The number of hydrogen-bond acceptors (Lipinski definition) is 4. The quantitative estimate of drug-likeness (QED) is 0.292. The molecule has 0 fully saturated rings. The highest BCUT2D eigenvalue weighted by Crippen LogP contribution is 1.81. The molecule has 0 saturated heterocycles. The molecule has 0 aliphatic rings. The van der Waals surface area contributed by atoms with Crippen LogP contribution in [-0.4, -0.2) is 47.8 Å². The molecule has 0 spiro atoms. The Morgan fingerprint density at radius 1 is 1.50 bits per heavy atom. The van der Waals surface area contributed by atoms with Gasteiger partial charge in [0.2, 0.25) is 5.91 Å². The zero-order chi connectivity index (χ0) is 11.0. The van der Waals surface area contributed by atoms with E-state index in [0.717, 1.165) is 0 Å². The zero-order valence-electron chi connectivity index (χ0n) is 7.69. The van der Waals surface area contributed by atoms with Gasteiger partial charge in [-0.15, -0.1) is 6.58 Å². The third kappa shape index (κ3) is 5.28. The first-order valence-corrected chi connectivity index (χ1v) is 4.06. The van der Waals surface area contributed by atoms with Crippen LogP contribution in [0.25, 0.3) is 0 Å². The summed E-state index contributed by atoms with van der Waals surface area (Å²) >= 11 is 0. The van der Waals surface area contributed by atoms with Gasteiger partial charge in [0.15, 0.2) is 0 Å². The molecule has 0 rings (SSSR count). The van der Waals surface area contributed by atoms with Crippen molar-refractivity contribution < 1.29 is 19.8 Å². The van der Waals surface area contributed by atoms with E-state index in [1.807, 2.05) is 0 Å². The predicted molar refractivity (Wildman–Crippen MR) is 49.7 cm³/mol. The summed E-state index contributed by atoms with van der Waals surface area (Å²) in [5.41, 5.74) is 0. The van der Waals surface area contributed by atoms with Gasteiger partial charge in [0.25, 0.3) is 0 Å². The molecule has 1 amide bonds. The Bertz CT molecular complexity index is 217. The molecular weight excluding hydrogens is 188 g/mol. The number of carbonyl (C=O) groups is 2. The second-order valence-corrected chi connectivity index (χ2v) is 2.56. The van der Waals surface area contributed by atoms with Crippen molar-refractivity contribution in [3.63, 3.8) is 0 Å². The van der Waals surface area contributed by atoms with Gasteiger partial charge in [-0.05, 0) is 0 Å². The maximum atomic E-state index is 11.0. The number of aliphatic hydroxyl groups excluding tert-OH is 1. The molecule has 0 bridgehead atoms. The molecule has 0 aromatic heterocycles. The molecule has 6 nitrogen and oxygen atoms in total. The minimum absolute atomic E-state index is 0.00417. The predicted octanol–water partition coefficient (Wildman–Crippen LogP) is -1.68. The molecule has 1 atom stereocenters. The summed E-state index contributed by atoms with van der Waals surface area (Å²) in [4.78, 5) is 21.4. The highest BCUT2D eigenvalue weighted by Gasteiger charge is 2.17. The Kier molecular flexibility index (Phi) is 6.34. The molecule has 0 radical (unpaired) electrons. The number of hydrogen-bond donors (Lipinski definition) is 4. The van der Waals surface area contributed by atoms with Crippen LogP contribution in [0.5, 0.6) is 0 Å². The topological polar surface area (TPSA) is 98.7 Å². The molecule has 4 N–H and O–H groups in total. The second kappa shape index (κ2) is 7.05. The van der Waals surface area contributed by atoms with Crippen molar-refractivity contribution >= 4 is 11.9 Å². The van der Waals surface area contributed by atoms with Crippen molar-refractivity contribution in [1.82, 2.24) is 10.6 Å². The summed E-state index contributed by atoms with van der Waals surface area (Å²) in [7, 11) is 0. The van der Waals surface area contributed by atoms with Crippen LogP contribution in [0, 0.1) is 0 Å². The average molecular weight is 202 g/mol. The molecule has 0 aromatic carbocycles. The molecule has 0 heterocycles. The largest absolute Gasteiger partial charge is 0.480 e. The van der Waals surface area contributed by atoms with Crippen LogP contribution < -0.4 is 10.6 Å². The molecule has 0 aliphatic carbocycles. The molecule has 14 heavy (non-hydrogen) atoms. The number of carboxylic acid groups (broad SMARTS) is 1. The number of carbonyl (C=O) groups excluding carboxylic acids is 1. The molecule has 80 valence electrons. The van der Waals surface area contributed by atoms with Gasteiger partial charge in [-0.25, -0.2) is 4.79 Å². The Labute approximate surface area is 81.6 Å². The van der Waals surface area contributed by atoms with E-state index < -0.39 is 24.5 Å². The van der Waals surface area contributed by atoms with E-state index in [9.17, 15) is 9.59 Å². The van der Waals surface area contributed by atoms with Crippen LogP contribution in [0.3, 0.4) is 0 Å². The second-order valence-electron chi connectivity index (χ2n) is 2.56. The van der Waals surface area contributed by atoms with Gasteiger partial charge in [0, 0.05) is 6.54 Å². The fraction of sp³-hybridized carbons (Fsp3) is 0.500. The number of aliphatic hydroxyl groups is 1. The maximum Gasteiger partial charge on any atom is 0.328 e. The minimum Gasteiger partial charge on any atom is -0.480 e. The Morgan fingerprint density at radius 3 is 2.57 bits per heavy atom. The number of amides is 1. The highest BCUT2D eigenvalue weighted by atomic mass is 16.4. The van der Waals surface area contributed by atoms with E-state index >= 15 is 0 Å². The molecule has 0 saturated carbocycles. The molecule has 0 aliphatic heterocycles.